The number of benzene rings is 1. The maximum absolute atomic E-state index is 12.9. The van der Waals surface area contributed by atoms with Gasteiger partial charge in [-0.2, -0.15) is 0 Å². The SMILES string of the molecule is COc1cccc(C(=O)N2CCN(C(=O)CCC3CCNC3)CC2)c1OC.Cl. The Bertz CT molecular complexity index is 671. The Morgan fingerprint density at radius 2 is 1.82 bits per heavy atom. The van der Waals surface area contributed by atoms with Crippen LogP contribution in [0.15, 0.2) is 18.2 Å². The molecule has 1 unspecified atom stereocenters. The summed E-state index contributed by atoms with van der Waals surface area (Å²) in [5.41, 5.74) is 0.491. The summed E-state index contributed by atoms with van der Waals surface area (Å²) in [6.07, 6.45) is 2.72. The van der Waals surface area contributed by atoms with Gasteiger partial charge in [0.2, 0.25) is 5.91 Å². The van der Waals surface area contributed by atoms with Crippen LogP contribution in [0.4, 0.5) is 0 Å². The van der Waals surface area contributed by atoms with Crippen LogP contribution in [0.1, 0.15) is 29.6 Å². The lowest BCUT2D eigenvalue weighted by Gasteiger charge is -2.35. The number of nitrogens with zero attached hydrogens (tertiary/aromatic N) is 2. The highest BCUT2D eigenvalue weighted by Crippen LogP contribution is 2.31. The number of piperazine rings is 1. The fourth-order valence-corrected chi connectivity index (χ4v) is 3.83. The van der Waals surface area contributed by atoms with Crippen LogP contribution >= 0.6 is 12.4 Å². The van der Waals surface area contributed by atoms with Crippen molar-refractivity contribution >= 4 is 24.2 Å². The minimum absolute atomic E-state index is 0. The first kappa shape index (κ1) is 22.3. The Balaban J connectivity index is 0.00000280. The van der Waals surface area contributed by atoms with E-state index in [1.807, 2.05) is 4.90 Å². The molecule has 0 saturated carbocycles. The second-order valence-electron chi connectivity index (χ2n) is 7.11. The second kappa shape index (κ2) is 10.5. The van der Waals surface area contributed by atoms with Crippen molar-refractivity contribution in [3.05, 3.63) is 23.8 Å². The lowest BCUT2D eigenvalue weighted by molar-refractivity contribution is -0.132. The maximum Gasteiger partial charge on any atom is 0.257 e. The third-order valence-electron chi connectivity index (χ3n) is 5.48. The molecule has 3 rings (SSSR count). The molecular formula is C20H30ClN3O4. The van der Waals surface area contributed by atoms with E-state index in [1.165, 1.54) is 7.11 Å². The predicted molar refractivity (Wildman–Crippen MR) is 109 cm³/mol. The van der Waals surface area contributed by atoms with E-state index < -0.39 is 0 Å². The second-order valence-corrected chi connectivity index (χ2v) is 7.11. The van der Waals surface area contributed by atoms with Crippen molar-refractivity contribution in [1.82, 2.24) is 15.1 Å². The molecule has 0 bridgehead atoms. The Morgan fingerprint density at radius 1 is 1.11 bits per heavy atom. The molecule has 8 heteroatoms. The molecule has 2 saturated heterocycles. The van der Waals surface area contributed by atoms with Gasteiger partial charge in [-0.1, -0.05) is 6.07 Å². The van der Waals surface area contributed by atoms with Gasteiger partial charge in [0, 0.05) is 32.6 Å². The van der Waals surface area contributed by atoms with E-state index in [9.17, 15) is 9.59 Å². The monoisotopic (exact) mass is 411 g/mol. The molecule has 2 heterocycles. The third kappa shape index (κ3) is 5.08. The van der Waals surface area contributed by atoms with Gasteiger partial charge in [0.1, 0.15) is 0 Å². The van der Waals surface area contributed by atoms with Gasteiger partial charge in [0.15, 0.2) is 11.5 Å². The number of amides is 2. The van der Waals surface area contributed by atoms with Crippen LogP contribution in [0, 0.1) is 5.92 Å². The predicted octanol–water partition coefficient (Wildman–Crippen LogP) is 1.80. The summed E-state index contributed by atoms with van der Waals surface area (Å²) in [4.78, 5) is 29.0. The number of para-hydroxylation sites is 1. The summed E-state index contributed by atoms with van der Waals surface area (Å²) in [5.74, 6) is 1.73. The van der Waals surface area contributed by atoms with E-state index in [4.69, 9.17) is 9.47 Å². The first-order valence-corrected chi connectivity index (χ1v) is 9.62. The van der Waals surface area contributed by atoms with E-state index in [0.29, 0.717) is 55.6 Å². The van der Waals surface area contributed by atoms with Crippen LogP contribution in [0.5, 0.6) is 11.5 Å². The standard InChI is InChI=1S/C20H29N3O4.ClH/c1-26-17-5-3-4-16(19(17)27-2)20(25)23-12-10-22(11-13-23)18(24)7-6-15-8-9-21-14-15;/h3-5,15,21H,6-14H2,1-2H3;1H. The Kier molecular flexibility index (Phi) is 8.38. The van der Waals surface area contributed by atoms with Crippen molar-refractivity contribution in [2.75, 3.05) is 53.5 Å². The molecule has 7 nitrogen and oxygen atoms in total. The fraction of sp³-hybridized carbons (Fsp3) is 0.600. The molecule has 156 valence electrons. The van der Waals surface area contributed by atoms with Crippen molar-refractivity contribution in [2.45, 2.75) is 19.3 Å². The number of carbonyl (C=O) groups is 2. The molecule has 2 aliphatic heterocycles. The van der Waals surface area contributed by atoms with E-state index in [0.717, 1.165) is 25.9 Å². The number of halogens is 1. The zero-order valence-electron chi connectivity index (χ0n) is 16.6. The van der Waals surface area contributed by atoms with Crippen molar-refractivity contribution in [3.8, 4) is 11.5 Å². The van der Waals surface area contributed by atoms with Gasteiger partial charge in [-0.15, -0.1) is 12.4 Å². The first-order valence-electron chi connectivity index (χ1n) is 9.62. The molecule has 0 aromatic heterocycles. The van der Waals surface area contributed by atoms with Crippen LogP contribution in [-0.2, 0) is 4.79 Å². The topological polar surface area (TPSA) is 71.1 Å². The van der Waals surface area contributed by atoms with Crippen LogP contribution < -0.4 is 14.8 Å². The zero-order chi connectivity index (χ0) is 19.2. The fourth-order valence-electron chi connectivity index (χ4n) is 3.83. The van der Waals surface area contributed by atoms with Gasteiger partial charge in [-0.25, -0.2) is 0 Å². The minimum Gasteiger partial charge on any atom is -0.493 e. The van der Waals surface area contributed by atoms with Crippen molar-refractivity contribution in [3.63, 3.8) is 0 Å². The summed E-state index contributed by atoms with van der Waals surface area (Å²) in [7, 11) is 3.09. The third-order valence-corrected chi connectivity index (χ3v) is 5.48. The molecule has 0 spiro atoms. The van der Waals surface area contributed by atoms with Gasteiger partial charge in [0.25, 0.3) is 5.91 Å². The van der Waals surface area contributed by atoms with Crippen LogP contribution in [0.25, 0.3) is 0 Å². The normalized spacial score (nSPS) is 19.1. The number of rotatable bonds is 6. The van der Waals surface area contributed by atoms with E-state index in [1.54, 1.807) is 30.2 Å². The van der Waals surface area contributed by atoms with E-state index >= 15 is 0 Å². The highest BCUT2D eigenvalue weighted by molar-refractivity contribution is 5.98. The first-order chi connectivity index (χ1) is 13.1. The van der Waals surface area contributed by atoms with Gasteiger partial charge < -0.3 is 24.6 Å². The minimum atomic E-state index is -0.0881. The lowest BCUT2D eigenvalue weighted by Crippen LogP contribution is -2.50. The summed E-state index contributed by atoms with van der Waals surface area (Å²) < 4.78 is 10.7. The number of nitrogens with one attached hydrogen (secondary N) is 1. The van der Waals surface area contributed by atoms with Crippen LogP contribution in [0.2, 0.25) is 0 Å². The summed E-state index contributed by atoms with van der Waals surface area (Å²) in [6, 6.07) is 5.30. The molecule has 1 N–H and O–H groups in total. The van der Waals surface area contributed by atoms with Gasteiger partial charge in [-0.3, -0.25) is 9.59 Å². The largest absolute Gasteiger partial charge is 0.493 e. The lowest BCUT2D eigenvalue weighted by atomic mass is 10.0. The summed E-state index contributed by atoms with van der Waals surface area (Å²) >= 11 is 0. The van der Waals surface area contributed by atoms with E-state index in [-0.39, 0.29) is 24.2 Å². The van der Waals surface area contributed by atoms with Crippen LogP contribution in [0.3, 0.4) is 0 Å². The quantitative estimate of drug-likeness (QED) is 0.772. The number of hydrogen-bond donors (Lipinski definition) is 1. The summed E-state index contributed by atoms with van der Waals surface area (Å²) in [5, 5.41) is 3.34. The van der Waals surface area contributed by atoms with Crippen molar-refractivity contribution < 1.29 is 19.1 Å². The average Bonchev–Trinajstić information content (AvgIpc) is 3.24. The number of carbonyl (C=O) groups excluding carboxylic acids is 2. The van der Waals surface area contributed by atoms with Gasteiger partial charge >= 0.3 is 0 Å². The summed E-state index contributed by atoms with van der Waals surface area (Å²) in [6.45, 7) is 4.33. The van der Waals surface area contributed by atoms with Gasteiger partial charge in [-0.05, 0) is 44.0 Å². The van der Waals surface area contributed by atoms with Crippen molar-refractivity contribution in [2.24, 2.45) is 5.92 Å². The number of hydrogen-bond acceptors (Lipinski definition) is 5. The molecule has 0 aliphatic carbocycles. The highest BCUT2D eigenvalue weighted by atomic mass is 35.5. The molecule has 1 atom stereocenters. The molecule has 28 heavy (non-hydrogen) atoms. The highest BCUT2D eigenvalue weighted by Gasteiger charge is 2.27. The average molecular weight is 412 g/mol. The maximum atomic E-state index is 12.9. The van der Waals surface area contributed by atoms with Gasteiger partial charge in [0.05, 0.1) is 19.8 Å². The molecule has 2 fully saturated rings. The smallest absolute Gasteiger partial charge is 0.257 e. The number of ether oxygens (including phenoxy) is 2. The molecular weight excluding hydrogens is 382 g/mol. The number of methoxy groups -OCH3 is 2. The van der Waals surface area contributed by atoms with Crippen LogP contribution in [-0.4, -0.2) is 75.1 Å². The molecule has 1 aromatic carbocycles. The van der Waals surface area contributed by atoms with Crippen molar-refractivity contribution in [1.29, 1.82) is 0 Å². The Labute approximate surface area is 172 Å². The molecule has 1 aromatic rings. The molecule has 2 amide bonds. The molecule has 2 aliphatic rings. The zero-order valence-corrected chi connectivity index (χ0v) is 17.4. The Hall–Kier alpha value is -1.99. The molecule has 0 radical (unpaired) electrons. The Morgan fingerprint density at radius 3 is 2.43 bits per heavy atom. The van der Waals surface area contributed by atoms with E-state index in [2.05, 4.69) is 5.32 Å².